The maximum Gasteiger partial charge on any atom is 0.160 e. The van der Waals surface area contributed by atoms with Gasteiger partial charge in [-0.3, -0.25) is 0 Å². The number of aromatic nitrogens is 3. The highest BCUT2D eigenvalue weighted by Crippen LogP contribution is 2.27. The van der Waals surface area contributed by atoms with Gasteiger partial charge in [-0.05, 0) is 18.1 Å². The van der Waals surface area contributed by atoms with Crippen LogP contribution in [0, 0.1) is 0 Å². The molecular formula is C15H13Cl2N3. The fraction of sp³-hybridized carbons (Fsp3) is 0.200. The molecule has 20 heavy (non-hydrogen) atoms. The first-order valence-electron chi connectivity index (χ1n) is 6.36. The summed E-state index contributed by atoms with van der Waals surface area (Å²) in [6.45, 7) is 4.23. The molecule has 0 saturated heterocycles. The Balaban J connectivity index is 2.22. The van der Waals surface area contributed by atoms with Gasteiger partial charge >= 0.3 is 0 Å². The second-order valence-electron chi connectivity index (χ2n) is 4.96. The number of rotatable bonds is 2. The molecule has 1 aromatic carbocycles. The van der Waals surface area contributed by atoms with Crippen molar-refractivity contribution >= 4 is 28.8 Å². The third-order valence-corrected chi connectivity index (χ3v) is 3.74. The van der Waals surface area contributed by atoms with Crippen LogP contribution in [0.15, 0.2) is 36.5 Å². The Bertz CT molecular complexity index is 761. The molecule has 0 bridgehead atoms. The van der Waals surface area contributed by atoms with Gasteiger partial charge in [0.2, 0.25) is 0 Å². The van der Waals surface area contributed by atoms with Crippen LogP contribution in [0.3, 0.4) is 0 Å². The average Bonchev–Trinajstić information content (AvgIpc) is 2.84. The van der Waals surface area contributed by atoms with Crippen LogP contribution in [0.2, 0.25) is 10.2 Å². The number of benzene rings is 1. The van der Waals surface area contributed by atoms with Crippen molar-refractivity contribution in [3.8, 4) is 11.3 Å². The number of nitrogens with zero attached hydrogens (tertiary/aromatic N) is 3. The molecule has 0 saturated carbocycles. The number of halogens is 2. The normalized spacial score (nSPS) is 11.4. The Morgan fingerprint density at radius 1 is 1.10 bits per heavy atom. The van der Waals surface area contributed by atoms with Crippen LogP contribution in [0.1, 0.15) is 25.3 Å². The summed E-state index contributed by atoms with van der Waals surface area (Å²) in [7, 11) is 0. The maximum absolute atomic E-state index is 6.30. The predicted molar refractivity (Wildman–Crippen MR) is 82.5 cm³/mol. The largest absolute Gasteiger partial charge is 0.228 e. The van der Waals surface area contributed by atoms with Crippen molar-refractivity contribution in [1.82, 2.24) is 14.6 Å². The van der Waals surface area contributed by atoms with Gasteiger partial charge in [0.25, 0.3) is 0 Å². The summed E-state index contributed by atoms with van der Waals surface area (Å²) in [5, 5.41) is 5.54. The Labute approximate surface area is 127 Å². The van der Waals surface area contributed by atoms with Crippen molar-refractivity contribution in [2.24, 2.45) is 0 Å². The zero-order chi connectivity index (χ0) is 14.3. The van der Waals surface area contributed by atoms with Crippen LogP contribution >= 0.6 is 23.2 Å². The average molecular weight is 306 g/mol. The van der Waals surface area contributed by atoms with E-state index < -0.39 is 0 Å². The lowest BCUT2D eigenvalue weighted by Crippen LogP contribution is -1.96. The van der Waals surface area contributed by atoms with Crippen LogP contribution in [-0.2, 0) is 0 Å². The van der Waals surface area contributed by atoms with E-state index in [1.165, 1.54) is 0 Å². The monoisotopic (exact) mass is 305 g/mol. The minimum absolute atomic E-state index is 0.344. The van der Waals surface area contributed by atoms with Gasteiger partial charge in [0.05, 0.1) is 11.9 Å². The fourth-order valence-electron chi connectivity index (χ4n) is 2.12. The summed E-state index contributed by atoms with van der Waals surface area (Å²) in [6.07, 6.45) is 1.82. The SMILES string of the molecule is CC(C)c1cnn2c(Cl)cc(-c3ccc(Cl)cc3)nc12. The molecule has 3 aromatic rings. The first kappa shape index (κ1) is 13.4. The van der Waals surface area contributed by atoms with Crippen LogP contribution < -0.4 is 0 Å². The third-order valence-electron chi connectivity index (χ3n) is 3.22. The van der Waals surface area contributed by atoms with Gasteiger partial charge in [0.1, 0.15) is 5.15 Å². The smallest absolute Gasteiger partial charge is 0.160 e. The molecule has 0 unspecified atom stereocenters. The molecule has 0 amide bonds. The lowest BCUT2D eigenvalue weighted by atomic mass is 10.1. The molecule has 0 fully saturated rings. The van der Waals surface area contributed by atoms with E-state index in [0.717, 1.165) is 22.5 Å². The number of hydrogen-bond donors (Lipinski definition) is 0. The van der Waals surface area contributed by atoms with Gasteiger partial charge in [-0.1, -0.05) is 49.2 Å². The molecule has 3 nitrogen and oxygen atoms in total. The lowest BCUT2D eigenvalue weighted by Gasteiger charge is -2.06. The molecule has 0 spiro atoms. The van der Waals surface area contributed by atoms with E-state index in [-0.39, 0.29) is 0 Å². The van der Waals surface area contributed by atoms with E-state index in [1.54, 1.807) is 4.52 Å². The van der Waals surface area contributed by atoms with Crippen molar-refractivity contribution in [2.45, 2.75) is 19.8 Å². The van der Waals surface area contributed by atoms with Crippen molar-refractivity contribution in [3.05, 3.63) is 52.3 Å². The second kappa shape index (κ2) is 5.08. The maximum atomic E-state index is 6.30. The highest BCUT2D eigenvalue weighted by Gasteiger charge is 2.13. The van der Waals surface area contributed by atoms with E-state index in [1.807, 2.05) is 36.5 Å². The molecule has 0 aliphatic carbocycles. The second-order valence-corrected chi connectivity index (χ2v) is 5.78. The Morgan fingerprint density at radius 3 is 2.45 bits per heavy atom. The Morgan fingerprint density at radius 2 is 1.80 bits per heavy atom. The molecule has 2 aromatic heterocycles. The molecule has 0 radical (unpaired) electrons. The van der Waals surface area contributed by atoms with Crippen LogP contribution in [0.25, 0.3) is 16.9 Å². The first-order chi connectivity index (χ1) is 9.56. The third kappa shape index (κ3) is 2.28. The molecule has 0 atom stereocenters. The molecule has 3 rings (SSSR count). The Hall–Kier alpha value is -1.58. The highest BCUT2D eigenvalue weighted by molar-refractivity contribution is 6.30. The standard InChI is InChI=1S/C15H13Cl2N3/c1-9(2)12-8-18-20-14(17)7-13(19-15(12)20)10-3-5-11(16)6-4-10/h3-9H,1-2H3. The molecule has 102 valence electrons. The zero-order valence-electron chi connectivity index (χ0n) is 11.1. The van der Waals surface area contributed by atoms with Gasteiger partial charge in [-0.2, -0.15) is 5.10 Å². The summed E-state index contributed by atoms with van der Waals surface area (Å²) in [5.74, 6) is 0.344. The van der Waals surface area contributed by atoms with Crippen molar-refractivity contribution in [1.29, 1.82) is 0 Å². The first-order valence-corrected chi connectivity index (χ1v) is 7.12. The molecular weight excluding hydrogens is 293 g/mol. The van der Waals surface area contributed by atoms with Gasteiger partial charge in [-0.25, -0.2) is 9.50 Å². The highest BCUT2D eigenvalue weighted by atomic mass is 35.5. The fourth-order valence-corrected chi connectivity index (χ4v) is 2.47. The van der Waals surface area contributed by atoms with Gasteiger partial charge in [0.15, 0.2) is 5.65 Å². The minimum atomic E-state index is 0.344. The summed E-state index contributed by atoms with van der Waals surface area (Å²) in [5.41, 5.74) is 3.69. The van der Waals surface area contributed by atoms with Crippen LogP contribution in [0.5, 0.6) is 0 Å². The Kier molecular flexibility index (Phi) is 3.40. The van der Waals surface area contributed by atoms with Crippen molar-refractivity contribution in [3.63, 3.8) is 0 Å². The predicted octanol–water partition coefficient (Wildman–Crippen LogP) is 4.83. The summed E-state index contributed by atoms with van der Waals surface area (Å²) in [6, 6.07) is 9.37. The summed E-state index contributed by atoms with van der Waals surface area (Å²) in [4.78, 5) is 4.69. The quantitative estimate of drug-likeness (QED) is 0.635. The molecule has 2 heterocycles. The van der Waals surface area contributed by atoms with Crippen molar-refractivity contribution < 1.29 is 0 Å². The topological polar surface area (TPSA) is 30.2 Å². The van der Waals surface area contributed by atoms with E-state index in [2.05, 4.69) is 18.9 Å². The van der Waals surface area contributed by atoms with Crippen LogP contribution in [-0.4, -0.2) is 14.6 Å². The summed E-state index contributed by atoms with van der Waals surface area (Å²) >= 11 is 12.2. The van der Waals surface area contributed by atoms with Crippen LogP contribution in [0.4, 0.5) is 0 Å². The van der Waals surface area contributed by atoms with Gasteiger partial charge < -0.3 is 0 Å². The number of hydrogen-bond acceptors (Lipinski definition) is 2. The van der Waals surface area contributed by atoms with E-state index in [0.29, 0.717) is 16.1 Å². The number of fused-ring (bicyclic) bond motifs is 1. The molecule has 0 aliphatic rings. The zero-order valence-corrected chi connectivity index (χ0v) is 12.7. The van der Waals surface area contributed by atoms with E-state index in [4.69, 9.17) is 28.2 Å². The van der Waals surface area contributed by atoms with Gasteiger partial charge in [0, 0.05) is 22.2 Å². The van der Waals surface area contributed by atoms with Crippen molar-refractivity contribution in [2.75, 3.05) is 0 Å². The van der Waals surface area contributed by atoms with E-state index in [9.17, 15) is 0 Å². The lowest BCUT2D eigenvalue weighted by molar-refractivity contribution is 0.872. The van der Waals surface area contributed by atoms with E-state index >= 15 is 0 Å². The minimum Gasteiger partial charge on any atom is -0.228 e. The summed E-state index contributed by atoms with van der Waals surface area (Å²) < 4.78 is 1.66. The van der Waals surface area contributed by atoms with Gasteiger partial charge in [-0.15, -0.1) is 0 Å². The molecule has 0 aliphatic heterocycles. The molecule has 5 heteroatoms. The molecule has 0 N–H and O–H groups in total.